The summed E-state index contributed by atoms with van der Waals surface area (Å²) in [6.07, 6.45) is 11.9. The lowest BCUT2D eigenvalue weighted by molar-refractivity contribution is 0.919. The van der Waals surface area contributed by atoms with Gasteiger partial charge in [0.15, 0.2) is 0 Å². The molecule has 0 aliphatic carbocycles. The van der Waals surface area contributed by atoms with Gasteiger partial charge in [0.05, 0.1) is 0 Å². The third kappa shape index (κ3) is 7.03. The second-order valence-electron chi connectivity index (χ2n) is 2.49. The van der Waals surface area contributed by atoms with Crippen molar-refractivity contribution in [1.82, 2.24) is 5.32 Å². The summed E-state index contributed by atoms with van der Waals surface area (Å²) in [5.74, 6) is 0. The molecule has 0 saturated carbocycles. The van der Waals surface area contributed by atoms with E-state index in [1.807, 2.05) is 25.3 Å². The predicted octanol–water partition coefficient (Wildman–Crippen LogP) is 2.45. The van der Waals surface area contributed by atoms with Crippen molar-refractivity contribution in [2.75, 3.05) is 13.6 Å². The van der Waals surface area contributed by atoms with E-state index in [4.69, 9.17) is 0 Å². The first-order valence-electron chi connectivity index (χ1n) is 4.08. The van der Waals surface area contributed by atoms with E-state index in [1.165, 1.54) is 5.57 Å². The van der Waals surface area contributed by atoms with Gasteiger partial charge in [-0.3, -0.25) is 0 Å². The first-order chi connectivity index (χ1) is 5.81. The SMILES string of the molecule is C=C\C=C/C=C(C)/C=C/CNC. The Labute approximate surface area is 75.2 Å². The van der Waals surface area contributed by atoms with Crippen molar-refractivity contribution in [2.24, 2.45) is 0 Å². The van der Waals surface area contributed by atoms with E-state index in [0.717, 1.165) is 6.54 Å². The van der Waals surface area contributed by atoms with Crippen LogP contribution < -0.4 is 5.32 Å². The van der Waals surface area contributed by atoms with Crippen molar-refractivity contribution in [3.05, 3.63) is 48.6 Å². The van der Waals surface area contributed by atoms with E-state index in [-0.39, 0.29) is 0 Å². The van der Waals surface area contributed by atoms with Crippen LogP contribution >= 0.6 is 0 Å². The Hall–Kier alpha value is -1.08. The first kappa shape index (κ1) is 10.9. The lowest BCUT2D eigenvalue weighted by Crippen LogP contribution is -2.03. The largest absolute Gasteiger partial charge is 0.316 e. The van der Waals surface area contributed by atoms with Gasteiger partial charge >= 0.3 is 0 Å². The van der Waals surface area contributed by atoms with Crippen LogP contribution in [-0.2, 0) is 0 Å². The molecule has 1 N–H and O–H groups in total. The van der Waals surface area contributed by atoms with E-state index in [1.54, 1.807) is 6.08 Å². The number of hydrogen-bond donors (Lipinski definition) is 1. The topological polar surface area (TPSA) is 12.0 Å². The third-order valence-electron chi connectivity index (χ3n) is 1.31. The maximum atomic E-state index is 3.59. The normalized spacial score (nSPS) is 13.0. The monoisotopic (exact) mass is 163 g/mol. The molecule has 0 bridgehead atoms. The fourth-order valence-electron chi connectivity index (χ4n) is 0.704. The first-order valence-corrected chi connectivity index (χ1v) is 4.08. The van der Waals surface area contributed by atoms with E-state index in [2.05, 4.69) is 31.0 Å². The molecule has 0 radical (unpaired) electrons. The zero-order valence-corrected chi connectivity index (χ0v) is 7.88. The molecular weight excluding hydrogens is 146 g/mol. The summed E-state index contributed by atoms with van der Waals surface area (Å²) in [6.45, 7) is 6.57. The van der Waals surface area contributed by atoms with Crippen LogP contribution in [0.4, 0.5) is 0 Å². The average Bonchev–Trinajstić information content (AvgIpc) is 2.06. The van der Waals surface area contributed by atoms with Crippen molar-refractivity contribution in [3.63, 3.8) is 0 Å². The molecule has 66 valence electrons. The second-order valence-corrected chi connectivity index (χ2v) is 2.49. The minimum Gasteiger partial charge on any atom is -0.316 e. The molecule has 0 aromatic rings. The molecule has 0 spiro atoms. The van der Waals surface area contributed by atoms with Gasteiger partial charge in [0.25, 0.3) is 0 Å². The van der Waals surface area contributed by atoms with Crippen LogP contribution in [0.5, 0.6) is 0 Å². The highest BCUT2D eigenvalue weighted by molar-refractivity contribution is 5.23. The summed E-state index contributed by atoms with van der Waals surface area (Å²) >= 11 is 0. The lowest BCUT2D eigenvalue weighted by atomic mass is 10.2. The van der Waals surface area contributed by atoms with E-state index >= 15 is 0 Å². The van der Waals surface area contributed by atoms with E-state index in [0.29, 0.717) is 0 Å². The zero-order valence-electron chi connectivity index (χ0n) is 7.88. The number of hydrogen-bond acceptors (Lipinski definition) is 1. The summed E-state index contributed by atoms with van der Waals surface area (Å²) in [6, 6.07) is 0. The van der Waals surface area contributed by atoms with Gasteiger partial charge in [0, 0.05) is 6.54 Å². The number of rotatable bonds is 5. The van der Waals surface area contributed by atoms with Gasteiger partial charge in [-0.05, 0) is 14.0 Å². The van der Waals surface area contributed by atoms with Crippen molar-refractivity contribution in [3.8, 4) is 0 Å². The Kier molecular flexibility index (Phi) is 7.30. The third-order valence-corrected chi connectivity index (χ3v) is 1.31. The van der Waals surface area contributed by atoms with Crippen LogP contribution in [0.2, 0.25) is 0 Å². The Balaban J connectivity index is 3.84. The molecule has 12 heavy (non-hydrogen) atoms. The van der Waals surface area contributed by atoms with E-state index < -0.39 is 0 Å². The maximum Gasteiger partial charge on any atom is 0.0135 e. The summed E-state index contributed by atoms with van der Waals surface area (Å²) in [5.41, 5.74) is 1.24. The summed E-state index contributed by atoms with van der Waals surface area (Å²) in [4.78, 5) is 0. The Morgan fingerprint density at radius 3 is 2.75 bits per heavy atom. The molecule has 1 heteroatoms. The second kappa shape index (κ2) is 8.02. The predicted molar refractivity (Wildman–Crippen MR) is 56.2 cm³/mol. The van der Waals surface area contributed by atoms with Gasteiger partial charge in [-0.25, -0.2) is 0 Å². The lowest BCUT2D eigenvalue weighted by Gasteiger charge is -1.89. The van der Waals surface area contributed by atoms with E-state index in [9.17, 15) is 0 Å². The Bertz CT molecular complexity index is 197. The quantitative estimate of drug-likeness (QED) is 0.614. The highest BCUT2D eigenvalue weighted by Gasteiger charge is 1.76. The molecule has 0 saturated heterocycles. The summed E-state index contributed by atoms with van der Waals surface area (Å²) < 4.78 is 0. The van der Waals surface area contributed by atoms with Gasteiger partial charge in [-0.15, -0.1) is 0 Å². The highest BCUT2D eigenvalue weighted by Crippen LogP contribution is 1.94. The molecule has 0 atom stereocenters. The van der Waals surface area contributed by atoms with Gasteiger partial charge in [-0.1, -0.05) is 48.6 Å². The molecule has 0 aromatic heterocycles. The van der Waals surface area contributed by atoms with Gasteiger partial charge in [0.1, 0.15) is 0 Å². The molecule has 1 nitrogen and oxygen atoms in total. The summed E-state index contributed by atoms with van der Waals surface area (Å²) in [5, 5.41) is 3.04. The molecular formula is C11H17N. The van der Waals surface area contributed by atoms with Crippen LogP contribution in [0.1, 0.15) is 6.92 Å². The molecule has 0 aliphatic heterocycles. The van der Waals surface area contributed by atoms with Crippen molar-refractivity contribution < 1.29 is 0 Å². The molecule has 0 fully saturated rings. The Morgan fingerprint density at radius 1 is 1.42 bits per heavy atom. The van der Waals surface area contributed by atoms with Crippen molar-refractivity contribution >= 4 is 0 Å². The fourth-order valence-corrected chi connectivity index (χ4v) is 0.704. The van der Waals surface area contributed by atoms with Crippen LogP contribution in [-0.4, -0.2) is 13.6 Å². The van der Waals surface area contributed by atoms with Crippen LogP contribution in [0.25, 0.3) is 0 Å². The minimum atomic E-state index is 0.913. The zero-order chi connectivity index (χ0) is 9.23. The average molecular weight is 163 g/mol. The Morgan fingerprint density at radius 2 is 2.17 bits per heavy atom. The molecule has 0 amide bonds. The molecule has 0 heterocycles. The van der Waals surface area contributed by atoms with Gasteiger partial charge in [0.2, 0.25) is 0 Å². The number of likely N-dealkylation sites (N-methyl/N-ethyl adjacent to an activating group) is 1. The van der Waals surface area contributed by atoms with Crippen LogP contribution in [0, 0.1) is 0 Å². The van der Waals surface area contributed by atoms with Crippen LogP contribution in [0.3, 0.4) is 0 Å². The molecule has 0 rings (SSSR count). The van der Waals surface area contributed by atoms with Crippen molar-refractivity contribution in [1.29, 1.82) is 0 Å². The smallest absolute Gasteiger partial charge is 0.0135 e. The minimum absolute atomic E-state index is 0.913. The fraction of sp³-hybridized carbons (Fsp3) is 0.273. The molecule has 0 aromatic carbocycles. The number of nitrogens with one attached hydrogen (secondary N) is 1. The molecule has 0 unspecified atom stereocenters. The van der Waals surface area contributed by atoms with Crippen molar-refractivity contribution in [2.45, 2.75) is 6.92 Å². The van der Waals surface area contributed by atoms with Gasteiger partial charge in [-0.2, -0.15) is 0 Å². The van der Waals surface area contributed by atoms with Crippen LogP contribution in [0.15, 0.2) is 48.6 Å². The van der Waals surface area contributed by atoms with Gasteiger partial charge < -0.3 is 5.32 Å². The number of allylic oxidation sites excluding steroid dienone is 6. The summed E-state index contributed by atoms with van der Waals surface area (Å²) in [7, 11) is 1.93. The highest BCUT2D eigenvalue weighted by atomic mass is 14.8. The standard InChI is InChI=1S/C11H17N/c1-4-5-6-8-11(2)9-7-10-12-3/h4-9,12H,1,10H2,2-3H3/b6-5-,9-7+,11-8+. The maximum absolute atomic E-state index is 3.59. The molecule has 0 aliphatic rings.